The minimum absolute atomic E-state index is 0.475. The number of nitrogens with zero attached hydrogens (tertiary/aromatic N) is 1. The molecule has 5 heteroatoms. The smallest absolute Gasteiger partial charge is 0.263 e. The number of hydrogen-bond donors (Lipinski definition) is 1. The van der Waals surface area contributed by atoms with Crippen molar-refractivity contribution in [1.82, 2.24) is 5.06 Å². The summed E-state index contributed by atoms with van der Waals surface area (Å²) < 4.78 is 5.10. The molecule has 1 unspecified atom stereocenters. The average Bonchev–Trinajstić information content (AvgIpc) is 2.94. The van der Waals surface area contributed by atoms with E-state index in [1.807, 2.05) is 72.3 Å². The maximum Gasteiger partial charge on any atom is 0.263 e. The van der Waals surface area contributed by atoms with Gasteiger partial charge in [0.1, 0.15) is 6.61 Å². The molecule has 0 aromatic heterocycles. The summed E-state index contributed by atoms with van der Waals surface area (Å²) in [5.74, 6) is 0. The summed E-state index contributed by atoms with van der Waals surface area (Å²) in [5.41, 5.74) is 2.21. The Labute approximate surface area is 140 Å². The topological polar surface area (TPSA) is 21.7 Å². The number of rotatable bonds is 6. The maximum atomic E-state index is 5.94. The molecule has 1 heterocycles. The van der Waals surface area contributed by atoms with E-state index in [-0.39, 0.29) is 0 Å². The van der Waals surface area contributed by atoms with Crippen LogP contribution in [0, 0.1) is 0 Å². The van der Waals surface area contributed by atoms with E-state index in [0.717, 1.165) is 11.1 Å². The Morgan fingerprint density at radius 1 is 0.909 bits per heavy atom. The van der Waals surface area contributed by atoms with Crippen molar-refractivity contribution in [1.29, 1.82) is 0 Å². The molecule has 114 valence electrons. The van der Waals surface area contributed by atoms with Gasteiger partial charge in [0.05, 0.1) is 6.61 Å². The minimum atomic E-state index is -0.843. The first-order chi connectivity index (χ1) is 10.8. The van der Waals surface area contributed by atoms with E-state index >= 15 is 0 Å². The van der Waals surface area contributed by atoms with Gasteiger partial charge in [0.2, 0.25) is 0 Å². The molecular weight excluding hydrogens is 314 g/mol. The van der Waals surface area contributed by atoms with Gasteiger partial charge in [-0.25, -0.2) is 5.06 Å². The van der Waals surface area contributed by atoms with Crippen LogP contribution in [0.3, 0.4) is 0 Å². The van der Waals surface area contributed by atoms with Gasteiger partial charge in [-0.05, 0) is 16.5 Å². The number of ether oxygens (including phenoxy) is 1. The molecule has 2 aromatic carbocycles. The molecule has 1 aliphatic heterocycles. The molecule has 0 radical (unpaired) electrons. The van der Waals surface area contributed by atoms with Gasteiger partial charge in [-0.15, -0.1) is 12.6 Å². The van der Waals surface area contributed by atoms with Crippen LogP contribution in [0.4, 0.5) is 0 Å². The van der Waals surface area contributed by atoms with Gasteiger partial charge in [-0.2, -0.15) is 0 Å². The minimum Gasteiger partial charge on any atom is -0.331 e. The first-order valence-corrected chi connectivity index (χ1v) is 8.30. The van der Waals surface area contributed by atoms with Crippen molar-refractivity contribution in [2.45, 2.75) is 17.6 Å². The fourth-order valence-electron chi connectivity index (χ4n) is 2.01. The summed E-state index contributed by atoms with van der Waals surface area (Å²) in [6.07, 6.45) is 1.84. The third-order valence-electron chi connectivity index (χ3n) is 3.18. The molecule has 0 N–H and O–H groups in total. The number of thioether (sulfide) groups is 1. The number of hydroxylamine groups is 2. The Morgan fingerprint density at radius 2 is 1.50 bits per heavy atom. The Morgan fingerprint density at radius 3 is 2.14 bits per heavy atom. The Kier molecular flexibility index (Phi) is 5.10. The second kappa shape index (κ2) is 7.24. The zero-order valence-corrected chi connectivity index (χ0v) is 13.7. The molecule has 3 rings (SSSR count). The quantitative estimate of drug-likeness (QED) is 0.626. The molecule has 1 aliphatic rings. The van der Waals surface area contributed by atoms with Crippen molar-refractivity contribution >= 4 is 24.4 Å². The van der Waals surface area contributed by atoms with Gasteiger partial charge in [0.15, 0.2) is 0 Å². The summed E-state index contributed by atoms with van der Waals surface area (Å²) in [7, 11) is 0. The first kappa shape index (κ1) is 15.5. The molecule has 0 saturated heterocycles. The molecule has 0 fully saturated rings. The Balaban J connectivity index is 1.57. The molecule has 0 bridgehead atoms. The van der Waals surface area contributed by atoms with Crippen LogP contribution in [0.2, 0.25) is 0 Å². The number of benzene rings is 2. The number of hydrogen-bond acceptors (Lipinski definition) is 5. The fourth-order valence-corrected chi connectivity index (χ4v) is 3.08. The van der Waals surface area contributed by atoms with Gasteiger partial charge < -0.3 is 4.74 Å². The maximum absolute atomic E-state index is 5.94. The van der Waals surface area contributed by atoms with E-state index < -0.39 is 4.39 Å². The molecule has 1 atom stereocenters. The first-order valence-electron chi connectivity index (χ1n) is 6.97. The number of thiol groups is 1. The van der Waals surface area contributed by atoms with E-state index in [1.54, 1.807) is 5.06 Å². The second-order valence-electron chi connectivity index (χ2n) is 4.81. The standard InChI is InChI=1S/C17H17NO2S2/c21-17(19-13-15-7-3-1-4-8-15)18(11-12-22-17)20-14-16-9-5-2-6-10-16/h1-12,21H,13-14H2. The highest BCUT2D eigenvalue weighted by molar-refractivity contribution is 8.13. The predicted molar refractivity (Wildman–Crippen MR) is 92.7 cm³/mol. The lowest BCUT2D eigenvalue weighted by atomic mass is 10.2. The van der Waals surface area contributed by atoms with Crippen molar-refractivity contribution in [3.63, 3.8) is 0 Å². The normalized spacial score (nSPS) is 20.5. The Bertz CT molecular complexity index is 621. The molecule has 0 spiro atoms. The van der Waals surface area contributed by atoms with Gasteiger partial charge in [0, 0.05) is 6.20 Å². The van der Waals surface area contributed by atoms with Gasteiger partial charge in [-0.1, -0.05) is 72.4 Å². The van der Waals surface area contributed by atoms with Crippen molar-refractivity contribution < 1.29 is 9.57 Å². The molecule has 22 heavy (non-hydrogen) atoms. The summed E-state index contributed by atoms with van der Waals surface area (Å²) >= 11 is 6.10. The van der Waals surface area contributed by atoms with Crippen LogP contribution in [0.5, 0.6) is 0 Å². The highest BCUT2D eigenvalue weighted by Gasteiger charge is 2.37. The van der Waals surface area contributed by atoms with Crippen LogP contribution < -0.4 is 0 Å². The van der Waals surface area contributed by atoms with Crippen molar-refractivity contribution in [3.05, 3.63) is 83.4 Å². The molecular formula is C17H17NO2S2. The molecule has 0 saturated carbocycles. The van der Waals surface area contributed by atoms with Crippen LogP contribution in [0.25, 0.3) is 0 Å². The van der Waals surface area contributed by atoms with E-state index in [9.17, 15) is 0 Å². The van der Waals surface area contributed by atoms with Crippen LogP contribution in [-0.4, -0.2) is 9.45 Å². The summed E-state index contributed by atoms with van der Waals surface area (Å²) in [6.45, 7) is 0.951. The molecule has 2 aromatic rings. The lowest BCUT2D eigenvalue weighted by Crippen LogP contribution is -2.37. The lowest BCUT2D eigenvalue weighted by molar-refractivity contribution is -0.212. The fraction of sp³-hybridized carbons (Fsp3) is 0.176. The van der Waals surface area contributed by atoms with E-state index in [2.05, 4.69) is 12.6 Å². The molecule has 3 nitrogen and oxygen atoms in total. The van der Waals surface area contributed by atoms with E-state index in [1.165, 1.54) is 11.8 Å². The molecule has 0 aliphatic carbocycles. The van der Waals surface area contributed by atoms with Crippen molar-refractivity contribution in [2.24, 2.45) is 0 Å². The highest BCUT2D eigenvalue weighted by Crippen LogP contribution is 2.42. The third-order valence-corrected chi connectivity index (χ3v) is 4.68. The lowest BCUT2D eigenvalue weighted by Gasteiger charge is -2.32. The zero-order valence-electron chi connectivity index (χ0n) is 12.0. The van der Waals surface area contributed by atoms with Gasteiger partial charge in [0.25, 0.3) is 4.39 Å². The van der Waals surface area contributed by atoms with E-state index in [0.29, 0.717) is 13.2 Å². The van der Waals surface area contributed by atoms with E-state index in [4.69, 9.17) is 9.57 Å². The predicted octanol–water partition coefficient (Wildman–Crippen LogP) is 4.40. The second-order valence-corrected chi connectivity index (χ2v) is 6.78. The SMILES string of the molecule is SC1(OCc2ccccc2)SC=CN1OCc1ccccc1. The van der Waals surface area contributed by atoms with Crippen molar-refractivity contribution in [2.75, 3.05) is 0 Å². The van der Waals surface area contributed by atoms with Crippen LogP contribution in [0.1, 0.15) is 11.1 Å². The summed E-state index contributed by atoms with van der Waals surface area (Å²) in [5, 5.41) is 3.57. The third kappa shape index (κ3) is 3.87. The van der Waals surface area contributed by atoms with Crippen molar-refractivity contribution in [3.8, 4) is 0 Å². The summed E-state index contributed by atoms with van der Waals surface area (Å²) in [4.78, 5) is 5.82. The van der Waals surface area contributed by atoms with Crippen LogP contribution in [0.15, 0.2) is 72.3 Å². The van der Waals surface area contributed by atoms with Crippen LogP contribution >= 0.6 is 24.4 Å². The van der Waals surface area contributed by atoms with Gasteiger partial charge in [-0.3, -0.25) is 4.84 Å². The monoisotopic (exact) mass is 331 g/mol. The highest BCUT2D eigenvalue weighted by atomic mass is 32.2. The largest absolute Gasteiger partial charge is 0.331 e. The molecule has 0 amide bonds. The zero-order chi connectivity index (χ0) is 15.3. The van der Waals surface area contributed by atoms with Crippen LogP contribution in [-0.2, 0) is 22.8 Å². The Hall–Kier alpha value is -1.40. The average molecular weight is 331 g/mol. The summed E-state index contributed by atoms with van der Waals surface area (Å²) in [6, 6.07) is 20.1. The van der Waals surface area contributed by atoms with Gasteiger partial charge >= 0.3 is 0 Å².